The van der Waals surface area contributed by atoms with E-state index >= 15 is 0 Å². The molecule has 2 aromatic rings. The Morgan fingerprint density at radius 1 is 1.18 bits per heavy atom. The van der Waals surface area contributed by atoms with Gasteiger partial charge in [0, 0.05) is 24.6 Å². The molecule has 0 aliphatic carbocycles. The van der Waals surface area contributed by atoms with E-state index in [9.17, 15) is 14.4 Å². The van der Waals surface area contributed by atoms with E-state index in [-0.39, 0.29) is 18.9 Å². The van der Waals surface area contributed by atoms with Crippen molar-refractivity contribution in [2.75, 3.05) is 24.2 Å². The summed E-state index contributed by atoms with van der Waals surface area (Å²) in [5.41, 5.74) is 2.69. The summed E-state index contributed by atoms with van der Waals surface area (Å²) in [6, 6.07) is 16.7. The van der Waals surface area contributed by atoms with E-state index in [4.69, 9.17) is 0 Å². The average molecular weight is 394 g/mol. The van der Waals surface area contributed by atoms with Gasteiger partial charge in [0.05, 0.1) is 17.9 Å². The van der Waals surface area contributed by atoms with Crippen LogP contribution in [-0.2, 0) is 14.4 Å². The van der Waals surface area contributed by atoms with Crippen molar-refractivity contribution in [2.45, 2.75) is 12.6 Å². The molecule has 143 valence electrons. The number of carbonyl (C=O) groups is 2. The van der Waals surface area contributed by atoms with Crippen molar-refractivity contribution in [3.8, 4) is 0 Å². The zero-order chi connectivity index (χ0) is 20.1. The summed E-state index contributed by atoms with van der Waals surface area (Å²) >= 11 is 4.10. The highest BCUT2D eigenvalue weighted by molar-refractivity contribution is 7.80. The average Bonchev–Trinajstić information content (AvgIpc) is 2.84. The maximum atomic E-state index is 13.3. The Morgan fingerprint density at radius 3 is 2.54 bits per heavy atom. The van der Waals surface area contributed by atoms with Gasteiger partial charge in [0.2, 0.25) is 18.4 Å². The van der Waals surface area contributed by atoms with Gasteiger partial charge >= 0.3 is 0 Å². The third-order valence-corrected chi connectivity index (χ3v) is 4.77. The first kappa shape index (κ1) is 19.8. The second-order valence-electron chi connectivity index (χ2n) is 6.28. The number of benzene rings is 2. The van der Waals surface area contributed by atoms with E-state index in [0.717, 1.165) is 11.1 Å². The van der Waals surface area contributed by atoms with Gasteiger partial charge in [-0.25, -0.2) is 4.99 Å². The molecule has 0 saturated heterocycles. The van der Waals surface area contributed by atoms with Crippen LogP contribution in [0.5, 0.6) is 0 Å². The minimum Gasteiger partial charge on any atom is -0.316 e. The lowest BCUT2D eigenvalue weighted by Crippen LogP contribution is -2.48. The third kappa shape index (κ3) is 3.84. The van der Waals surface area contributed by atoms with Gasteiger partial charge in [0.15, 0.2) is 0 Å². The molecular weight excluding hydrogens is 374 g/mol. The molecule has 2 aromatic carbocycles. The summed E-state index contributed by atoms with van der Waals surface area (Å²) in [4.78, 5) is 44.2. The predicted molar refractivity (Wildman–Crippen MR) is 112 cm³/mol. The lowest BCUT2D eigenvalue weighted by atomic mass is 10.0. The first-order valence-corrected chi connectivity index (χ1v) is 9.47. The summed E-state index contributed by atoms with van der Waals surface area (Å²) in [6.07, 6.45) is 0.900. The number of carbonyl (C=O) groups excluding carboxylic acids is 3. The predicted octanol–water partition coefficient (Wildman–Crippen LogP) is 2.08. The molecule has 0 fully saturated rings. The van der Waals surface area contributed by atoms with E-state index in [1.165, 1.54) is 9.80 Å². The Labute approximate surface area is 169 Å². The Morgan fingerprint density at radius 2 is 1.86 bits per heavy atom. The Kier molecular flexibility index (Phi) is 6.26. The number of para-hydroxylation sites is 1. The largest absolute Gasteiger partial charge is 0.316 e. The number of hydrogen-bond donors (Lipinski definition) is 1. The first-order chi connectivity index (χ1) is 13.6. The quantitative estimate of drug-likeness (QED) is 0.763. The van der Waals surface area contributed by atoms with Crippen molar-refractivity contribution in [3.63, 3.8) is 0 Å². The van der Waals surface area contributed by atoms with Gasteiger partial charge in [-0.2, -0.15) is 12.6 Å². The van der Waals surface area contributed by atoms with E-state index in [2.05, 4.69) is 17.6 Å². The molecule has 28 heavy (non-hydrogen) atoms. The first-order valence-electron chi connectivity index (χ1n) is 8.84. The number of rotatable bonds is 6. The molecule has 0 bridgehead atoms. The molecule has 1 aliphatic heterocycles. The molecule has 0 aromatic heterocycles. The summed E-state index contributed by atoms with van der Waals surface area (Å²) in [7, 11) is 1.54. The molecular formula is C21H20N3O3S. The molecule has 7 heteroatoms. The van der Waals surface area contributed by atoms with E-state index in [0.29, 0.717) is 17.2 Å². The van der Waals surface area contributed by atoms with Crippen LogP contribution >= 0.6 is 12.6 Å². The van der Waals surface area contributed by atoms with Gasteiger partial charge in [0.1, 0.15) is 0 Å². The molecule has 0 spiro atoms. The van der Waals surface area contributed by atoms with Crippen molar-refractivity contribution in [3.05, 3.63) is 65.7 Å². The zero-order valence-corrected chi connectivity index (χ0v) is 16.3. The van der Waals surface area contributed by atoms with Gasteiger partial charge in [0.25, 0.3) is 5.91 Å². The Balaban J connectivity index is 2.20. The minimum absolute atomic E-state index is 0.187. The van der Waals surface area contributed by atoms with Crippen LogP contribution in [0.15, 0.2) is 59.6 Å². The maximum absolute atomic E-state index is 13.3. The monoisotopic (exact) mass is 394 g/mol. The molecule has 1 unspecified atom stereocenters. The van der Waals surface area contributed by atoms with Gasteiger partial charge in [-0.1, -0.05) is 48.5 Å². The van der Waals surface area contributed by atoms with Crippen LogP contribution in [0.2, 0.25) is 0 Å². The SMILES string of the molecule is CN(C(=O)CCS)C1N=C(c2ccccc2)c2ccccc2N(C[C]=O)C1=O. The van der Waals surface area contributed by atoms with E-state index < -0.39 is 12.1 Å². The Hall–Kier alpha value is -2.93. The fraction of sp³-hybridized carbons (Fsp3) is 0.238. The molecule has 6 nitrogen and oxygen atoms in total. The lowest BCUT2D eigenvalue weighted by molar-refractivity contribution is -0.137. The maximum Gasteiger partial charge on any atom is 0.272 e. The fourth-order valence-corrected chi connectivity index (χ4v) is 3.32. The molecule has 0 N–H and O–H groups in total. The van der Waals surface area contributed by atoms with Crippen molar-refractivity contribution in [2.24, 2.45) is 4.99 Å². The molecule has 1 radical (unpaired) electrons. The molecule has 1 atom stereocenters. The highest BCUT2D eigenvalue weighted by atomic mass is 32.1. The van der Waals surface area contributed by atoms with Crippen LogP contribution in [-0.4, -0.2) is 54.2 Å². The third-order valence-electron chi connectivity index (χ3n) is 4.54. The van der Waals surface area contributed by atoms with Gasteiger partial charge in [-0.15, -0.1) is 0 Å². The lowest BCUT2D eigenvalue weighted by Gasteiger charge is -2.28. The number of amides is 2. The van der Waals surface area contributed by atoms with Gasteiger partial charge in [-0.3, -0.25) is 14.4 Å². The number of aliphatic imine (C=N–C) groups is 1. The van der Waals surface area contributed by atoms with Crippen molar-refractivity contribution >= 4 is 42.1 Å². The summed E-state index contributed by atoms with van der Waals surface area (Å²) in [5, 5.41) is 0. The second kappa shape index (κ2) is 8.84. The molecule has 0 saturated carbocycles. The minimum atomic E-state index is -1.08. The Bertz CT molecular complexity index is 914. The molecule has 3 rings (SSSR count). The highest BCUT2D eigenvalue weighted by Crippen LogP contribution is 2.29. The van der Waals surface area contributed by atoms with Gasteiger partial charge in [-0.05, 0) is 11.8 Å². The van der Waals surface area contributed by atoms with Crippen molar-refractivity contribution < 1.29 is 14.4 Å². The number of nitrogens with zero attached hydrogens (tertiary/aromatic N) is 3. The summed E-state index contributed by atoms with van der Waals surface area (Å²) < 4.78 is 0. The van der Waals surface area contributed by atoms with Crippen molar-refractivity contribution in [1.29, 1.82) is 0 Å². The van der Waals surface area contributed by atoms with Crippen LogP contribution < -0.4 is 4.90 Å². The standard InChI is InChI=1S/C21H20N3O3S/c1-23(18(26)11-14-28)20-21(27)24(12-13-25)17-10-6-5-9-16(17)19(22-20)15-7-3-2-4-8-15/h2-10,20,28H,11-12,14H2,1H3. The van der Waals surface area contributed by atoms with Crippen LogP contribution in [0.4, 0.5) is 5.69 Å². The number of fused-ring (bicyclic) bond motifs is 1. The normalized spacial score (nSPS) is 16.1. The number of thiol groups is 1. The van der Waals surface area contributed by atoms with Crippen LogP contribution in [0, 0.1) is 0 Å². The zero-order valence-electron chi connectivity index (χ0n) is 15.4. The second-order valence-corrected chi connectivity index (χ2v) is 6.73. The number of hydrogen-bond acceptors (Lipinski definition) is 5. The smallest absolute Gasteiger partial charge is 0.272 e. The topological polar surface area (TPSA) is 70.1 Å². The number of benzodiazepines with no additional fused rings is 1. The summed E-state index contributed by atoms with van der Waals surface area (Å²) in [5.74, 6) is -0.326. The van der Waals surface area contributed by atoms with E-state index in [1.807, 2.05) is 42.5 Å². The fourth-order valence-electron chi connectivity index (χ4n) is 3.13. The van der Waals surface area contributed by atoms with Crippen molar-refractivity contribution in [1.82, 2.24) is 4.90 Å². The number of likely N-dealkylation sites (N-methyl/N-ethyl adjacent to an activating group) is 1. The van der Waals surface area contributed by atoms with Crippen LogP contribution in [0.1, 0.15) is 17.5 Å². The van der Waals surface area contributed by atoms with Crippen LogP contribution in [0.25, 0.3) is 0 Å². The molecule has 1 aliphatic rings. The van der Waals surface area contributed by atoms with Crippen LogP contribution in [0.3, 0.4) is 0 Å². The molecule has 1 heterocycles. The molecule has 2 amide bonds. The van der Waals surface area contributed by atoms with Gasteiger partial charge < -0.3 is 9.80 Å². The highest BCUT2D eigenvalue weighted by Gasteiger charge is 2.35. The number of anilines is 1. The van der Waals surface area contributed by atoms with E-state index in [1.54, 1.807) is 25.5 Å². The summed E-state index contributed by atoms with van der Waals surface area (Å²) in [6.45, 7) is -0.238.